The van der Waals surface area contributed by atoms with Gasteiger partial charge in [-0.3, -0.25) is 0 Å². The summed E-state index contributed by atoms with van der Waals surface area (Å²) in [7, 11) is 0. The van der Waals surface area contributed by atoms with Crippen LogP contribution < -0.4 is 9.47 Å². The molecule has 0 aliphatic heterocycles. The van der Waals surface area contributed by atoms with Crippen molar-refractivity contribution in [3.63, 3.8) is 0 Å². The van der Waals surface area contributed by atoms with Crippen LogP contribution in [0.4, 0.5) is 0 Å². The maximum atomic E-state index is 8.70. The molecule has 0 radical (unpaired) electrons. The van der Waals surface area contributed by atoms with E-state index in [0.29, 0.717) is 41.0 Å². The molecule has 0 aliphatic carbocycles. The molecular formula is C16H13Cl2NO2. The van der Waals surface area contributed by atoms with Gasteiger partial charge in [0.2, 0.25) is 0 Å². The van der Waals surface area contributed by atoms with Crippen molar-refractivity contribution in [1.82, 2.24) is 0 Å². The Balaban J connectivity index is 1.72. The van der Waals surface area contributed by atoms with Gasteiger partial charge in [-0.15, -0.1) is 0 Å². The van der Waals surface area contributed by atoms with E-state index >= 15 is 0 Å². The Hall–Kier alpha value is -1.89. The standard InChI is InChI=1S/C16H13Cl2NO2/c17-14-3-1-4-15(16(14)18)21-10-2-9-20-13-7-5-12(11-19)6-8-13/h1,3-8H,2,9-10H2. The number of nitriles is 1. The molecule has 21 heavy (non-hydrogen) atoms. The lowest BCUT2D eigenvalue weighted by Crippen LogP contribution is -2.05. The highest BCUT2D eigenvalue weighted by atomic mass is 35.5. The zero-order valence-electron chi connectivity index (χ0n) is 11.2. The molecule has 0 amide bonds. The molecule has 108 valence electrons. The highest BCUT2D eigenvalue weighted by Gasteiger charge is 2.04. The Kier molecular flexibility index (Phi) is 5.74. The molecule has 0 bridgehead atoms. The van der Waals surface area contributed by atoms with E-state index in [0.717, 1.165) is 5.75 Å². The quantitative estimate of drug-likeness (QED) is 0.723. The largest absolute Gasteiger partial charge is 0.493 e. The Morgan fingerprint density at radius 2 is 1.67 bits per heavy atom. The first-order valence-corrected chi connectivity index (χ1v) is 7.16. The van der Waals surface area contributed by atoms with E-state index in [1.54, 1.807) is 42.5 Å². The van der Waals surface area contributed by atoms with E-state index in [1.165, 1.54) is 0 Å². The van der Waals surface area contributed by atoms with Gasteiger partial charge in [0.05, 0.1) is 29.9 Å². The van der Waals surface area contributed by atoms with Gasteiger partial charge in [-0.25, -0.2) is 0 Å². The molecular weight excluding hydrogens is 309 g/mol. The molecule has 0 aliphatic rings. The lowest BCUT2D eigenvalue weighted by Gasteiger charge is -2.09. The first-order chi connectivity index (χ1) is 10.2. The first kappa shape index (κ1) is 15.5. The van der Waals surface area contributed by atoms with Crippen LogP contribution in [-0.4, -0.2) is 13.2 Å². The fourth-order valence-electron chi connectivity index (χ4n) is 1.65. The van der Waals surface area contributed by atoms with E-state index in [4.69, 9.17) is 37.9 Å². The third-order valence-corrected chi connectivity index (χ3v) is 3.52. The third kappa shape index (κ3) is 4.56. The van der Waals surface area contributed by atoms with Gasteiger partial charge in [0.25, 0.3) is 0 Å². The molecule has 0 spiro atoms. The fraction of sp³-hybridized carbons (Fsp3) is 0.188. The second kappa shape index (κ2) is 7.78. The number of rotatable bonds is 6. The zero-order chi connectivity index (χ0) is 15.1. The van der Waals surface area contributed by atoms with Crippen LogP contribution in [0, 0.1) is 11.3 Å². The smallest absolute Gasteiger partial charge is 0.139 e. The second-order valence-corrected chi connectivity index (χ2v) is 5.02. The minimum absolute atomic E-state index is 0.423. The highest BCUT2D eigenvalue weighted by molar-refractivity contribution is 6.42. The second-order valence-electron chi connectivity index (χ2n) is 4.24. The van der Waals surface area contributed by atoms with Gasteiger partial charge in [-0.2, -0.15) is 5.26 Å². The van der Waals surface area contributed by atoms with E-state index in [1.807, 2.05) is 0 Å². The molecule has 2 aromatic carbocycles. The minimum atomic E-state index is 0.423. The Morgan fingerprint density at radius 1 is 0.952 bits per heavy atom. The Morgan fingerprint density at radius 3 is 2.38 bits per heavy atom. The maximum Gasteiger partial charge on any atom is 0.139 e. The molecule has 0 aromatic heterocycles. The van der Waals surface area contributed by atoms with Crippen LogP contribution in [0.2, 0.25) is 10.0 Å². The van der Waals surface area contributed by atoms with Crippen molar-refractivity contribution in [2.75, 3.05) is 13.2 Å². The highest BCUT2D eigenvalue weighted by Crippen LogP contribution is 2.31. The van der Waals surface area contributed by atoms with Gasteiger partial charge in [0, 0.05) is 6.42 Å². The molecule has 0 unspecified atom stereocenters. The summed E-state index contributed by atoms with van der Waals surface area (Å²) in [6, 6.07) is 14.3. The molecule has 2 aromatic rings. The summed E-state index contributed by atoms with van der Waals surface area (Å²) < 4.78 is 11.1. The number of ether oxygens (including phenoxy) is 2. The monoisotopic (exact) mass is 321 g/mol. The first-order valence-electron chi connectivity index (χ1n) is 6.40. The predicted molar refractivity (Wildman–Crippen MR) is 83.2 cm³/mol. The minimum Gasteiger partial charge on any atom is -0.493 e. The average Bonchev–Trinajstić information content (AvgIpc) is 2.51. The zero-order valence-corrected chi connectivity index (χ0v) is 12.7. The fourth-order valence-corrected chi connectivity index (χ4v) is 2.00. The van der Waals surface area contributed by atoms with Gasteiger partial charge in [0.15, 0.2) is 0 Å². The Labute approximate surface area is 133 Å². The topological polar surface area (TPSA) is 42.2 Å². The number of nitrogens with zero attached hydrogens (tertiary/aromatic N) is 1. The van der Waals surface area contributed by atoms with Crippen molar-refractivity contribution in [2.24, 2.45) is 0 Å². The van der Waals surface area contributed by atoms with Gasteiger partial charge < -0.3 is 9.47 Å². The average molecular weight is 322 g/mol. The van der Waals surface area contributed by atoms with Crippen molar-refractivity contribution >= 4 is 23.2 Å². The van der Waals surface area contributed by atoms with E-state index in [2.05, 4.69) is 6.07 Å². The van der Waals surface area contributed by atoms with Crippen LogP contribution in [-0.2, 0) is 0 Å². The van der Waals surface area contributed by atoms with Crippen molar-refractivity contribution in [2.45, 2.75) is 6.42 Å². The van der Waals surface area contributed by atoms with E-state index in [-0.39, 0.29) is 0 Å². The summed E-state index contributed by atoms with van der Waals surface area (Å²) in [5.74, 6) is 1.30. The summed E-state index contributed by atoms with van der Waals surface area (Å²) in [5.41, 5.74) is 0.612. The lowest BCUT2D eigenvalue weighted by molar-refractivity contribution is 0.247. The lowest BCUT2D eigenvalue weighted by atomic mass is 10.2. The van der Waals surface area contributed by atoms with Crippen molar-refractivity contribution < 1.29 is 9.47 Å². The SMILES string of the molecule is N#Cc1ccc(OCCCOc2cccc(Cl)c2Cl)cc1. The third-order valence-electron chi connectivity index (χ3n) is 2.71. The number of benzene rings is 2. The predicted octanol–water partition coefficient (Wildman–Crippen LogP) is 4.71. The van der Waals surface area contributed by atoms with Crippen LogP contribution >= 0.6 is 23.2 Å². The van der Waals surface area contributed by atoms with Crippen LogP contribution in [0.3, 0.4) is 0 Å². The van der Waals surface area contributed by atoms with Crippen LogP contribution in [0.15, 0.2) is 42.5 Å². The van der Waals surface area contributed by atoms with Crippen LogP contribution in [0.5, 0.6) is 11.5 Å². The van der Waals surface area contributed by atoms with Gasteiger partial charge >= 0.3 is 0 Å². The molecule has 0 atom stereocenters. The summed E-state index contributed by atoms with van der Waals surface area (Å²) in [5, 5.41) is 9.60. The summed E-state index contributed by atoms with van der Waals surface area (Å²) >= 11 is 11.9. The van der Waals surface area contributed by atoms with Crippen LogP contribution in [0.1, 0.15) is 12.0 Å². The van der Waals surface area contributed by atoms with E-state index in [9.17, 15) is 0 Å². The summed E-state index contributed by atoms with van der Waals surface area (Å²) in [6.07, 6.45) is 0.711. The summed E-state index contributed by atoms with van der Waals surface area (Å²) in [4.78, 5) is 0. The van der Waals surface area contributed by atoms with Gasteiger partial charge in [-0.05, 0) is 36.4 Å². The molecule has 0 N–H and O–H groups in total. The van der Waals surface area contributed by atoms with Crippen LogP contribution in [0.25, 0.3) is 0 Å². The summed E-state index contributed by atoms with van der Waals surface area (Å²) in [6.45, 7) is 1.00. The number of hydrogen-bond donors (Lipinski definition) is 0. The molecule has 2 rings (SSSR count). The molecule has 0 fully saturated rings. The van der Waals surface area contributed by atoms with Crippen molar-refractivity contribution in [1.29, 1.82) is 5.26 Å². The van der Waals surface area contributed by atoms with Crippen molar-refractivity contribution in [3.05, 3.63) is 58.1 Å². The molecule has 0 heterocycles. The van der Waals surface area contributed by atoms with Crippen molar-refractivity contribution in [3.8, 4) is 17.6 Å². The maximum absolute atomic E-state index is 8.70. The van der Waals surface area contributed by atoms with Gasteiger partial charge in [0.1, 0.15) is 16.5 Å². The molecule has 0 saturated carbocycles. The molecule has 0 saturated heterocycles. The molecule has 5 heteroatoms. The van der Waals surface area contributed by atoms with E-state index < -0.39 is 0 Å². The molecule has 3 nitrogen and oxygen atoms in total. The number of halogens is 2. The normalized spacial score (nSPS) is 9.95. The Bertz CT molecular complexity index is 636. The van der Waals surface area contributed by atoms with Gasteiger partial charge in [-0.1, -0.05) is 29.3 Å². The number of hydrogen-bond acceptors (Lipinski definition) is 3.